The van der Waals surface area contributed by atoms with Gasteiger partial charge in [0.15, 0.2) is 0 Å². The third kappa shape index (κ3) is 7.43. The Kier molecular flexibility index (Phi) is 10.1. The summed E-state index contributed by atoms with van der Waals surface area (Å²) in [6, 6.07) is 18.3. The van der Waals surface area contributed by atoms with E-state index in [0.717, 1.165) is 13.1 Å². The maximum Gasteiger partial charge on any atom is 2.00 e. The summed E-state index contributed by atoms with van der Waals surface area (Å²) in [7, 11) is 0. The minimum Gasteiger partial charge on any atom is -0.329 e. The quantitative estimate of drug-likeness (QED) is 0.499. The second-order valence-electron chi connectivity index (χ2n) is 3.22. The van der Waals surface area contributed by atoms with Crippen LogP contribution in [-0.4, -0.2) is 13.1 Å². The Bertz CT molecular complexity index is 283. The fraction of sp³-hybridized carbons (Fsp3) is 0.231. The van der Waals surface area contributed by atoms with Crippen molar-refractivity contribution in [2.75, 3.05) is 13.1 Å². The summed E-state index contributed by atoms with van der Waals surface area (Å²) in [4.78, 5) is 0. The number of nitrogens with one attached hydrogen (secondary N) is 1. The molecule has 0 fully saturated rings. The standard InChI is InChI=1S/C8H13N2.C5H5.Fe/c9-5-6-10-7-8-3-1-2-4-8;1-2-4-5-3-1;/h1-4,10H,5-7,9H2;1-5H;/q2*-1;+2. The van der Waals surface area contributed by atoms with Crippen LogP contribution in [0.25, 0.3) is 0 Å². The summed E-state index contributed by atoms with van der Waals surface area (Å²) in [5.41, 5.74) is 6.63. The van der Waals surface area contributed by atoms with Gasteiger partial charge in [-0.3, -0.25) is 0 Å². The molecule has 16 heavy (non-hydrogen) atoms. The molecule has 0 saturated heterocycles. The number of rotatable bonds is 4. The first kappa shape index (κ1) is 15.1. The van der Waals surface area contributed by atoms with Crippen molar-refractivity contribution in [2.24, 2.45) is 5.73 Å². The third-order valence-corrected chi connectivity index (χ3v) is 1.94. The molecule has 3 heteroatoms. The fourth-order valence-corrected chi connectivity index (χ4v) is 1.19. The van der Waals surface area contributed by atoms with Gasteiger partial charge in [0, 0.05) is 13.1 Å². The fourth-order valence-electron chi connectivity index (χ4n) is 1.19. The largest absolute Gasteiger partial charge is 2.00 e. The summed E-state index contributed by atoms with van der Waals surface area (Å²) in [5.74, 6) is 0. The van der Waals surface area contributed by atoms with Gasteiger partial charge in [-0.2, -0.15) is 30.3 Å². The summed E-state index contributed by atoms with van der Waals surface area (Å²) in [6.45, 7) is 2.54. The zero-order valence-corrected chi connectivity index (χ0v) is 10.4. The van der Waals surface area contributed by atoms with E-state index in [1.54, 1.807) is 0 Å². The molecule has 3 N–H and O–H groups in total. The Morgan fingerprint density at radius 2 is 1.69 bits per heavy atom. The van der Waals surface area contributed by atoms with Gasteiger partial charge in [0.2, 0.25) is 0 Å². The molecule has 0 aliphatic heterocycles. The topological polar surface area (TPSA) is 38.0 Å². The Balaban J connectivity index is 0.000000318. The van der Waals surface area contributed by atoms with Crippen molar-refractivity contribution in [2.45, 2.75) is 6.54 Å². The van der Waals surface area contributed by atoms with E-state index < -0.39 is 0 Å². The molecule has 2 aromatic carbocycles. The molecule has 0 aliphatic carbocycles. The molecule has 0 atom stereocenters. The van der Waals surface area contributed by atoms with Crippen LogP contribution in [-0.2, 0) is 23.6 Å². The van der Waals surface area contributed by atoms with E-state index in [-0.39, 0.29) is 17.1 Å². The first-order chi connectivity index (χ1) is 7.43. The zero-order valence-electron chi connectivity index (χ0n) is 9.25. The number of nitrogens with two attached hydrogens (primary N) is 1. The van der Waals surface area contributed by atoms with Crippen LogP contribution in [0.5, 0.6) is 0 Å². The molecule has 0 saturated carbocycles. The monoisotopic (exact) mass is 258 g/mol. The van der Waals surface area contributed by atoms with Gasteiger partial charge in [-0.1, -0.05) is 0 Å². The van der Waals surface area contributed by atoms with Crippen molar-refractivity contribution >= 4 is 0 Å². The maximum absolute atomic E-state index is 5.31. The molecule has 0 amide bonds. The van der Waals surface area contributed by atoms with Gasteiger partial charge in [-0.05, 0) is 6.54 Å². The predicted molar refractivity (Wildman–Crippen MR) is 64.8 cm³/mol. The third-order valence-electron chi connectivity index (χ3n) is 1.94. The molecule has 88 valence electrons. The Morgan fingerprint density at radius 1 is 1.06 bits per heavy atom. The van der Waals surface area contributed by atoms with Crippen LogP contribution in [0.3, 0.4) is 0 Å². The molecule has 0 spiro atoms. The van der Waals surface area contributed by atoms with Crippen LogP contribution in [0.1, 0.15) is 5.56 Å². The average molecular weight is 258 g/mol. The van der Waals surface area contributed by atoms with E-state index in [9.17, 15) is 0 Å². The minimum absolute atomic E-state index is 0. The normalized spacial score (nSPS) is 8.81. The van der Waals surface area contributed by atoms with E-state index in [4.69, 9.17) is 5.73 Å². The molecule has 0 radical (unpaired) electrons. The van der Waals surface area contributed by atoms with E-state index in [1.165, 1.54) is 5.56 Å². The predicted octanol–water partition coefficient (Wildman–Crippen LogP) is 1.86. The number of hydrogen-bond donors (Lipinski definition) is 2. The van der Waals surface area contributed by atoms with Crippen LogP contribution in [0.4, 0.5) is 0 Å². The molecule has 0 unspecified atom stereocenters. The van der Waals surface area contributed by atoms with Crippen molar-refractivity contribution < 1.29 is 17.1 Å². The molecule has 0 heterocycles. The van der Waals surface area contributed by atoms with Crippen LogP contribution >= 0.6 is 0 Å². The molecule has 0 aliphatic rings. The SMILES string of the molecule is NCCNC[c-]1cccc1.[Fe+2].c1cc[cH-]c1. The van der Waals surface area contributed by atoms with Gasteiger partial charge in [0.05, 0.1) is 0 Å². The second kappa shape index (κ2) is 10.7. The van der Waals surface area contributed by atoms with Crippen molar-refractivity contribution in [3.05, 3.63) is 60.2 Å². The van der Waals surface area contributed by atoms with Gasteiger partial charge < -0.3 is 11.1 Å². The van der Waals surface area contributed by atoms with Crippen molar-refractivity contribution in [1.29, 1.82) is 0 Å². The zero-order chi connectivity index (χ0) is 10.8. The van der Waals surface area contributed by atoms with Gasteiger partial charge >= 0.3 is 17.1 Å². The van der Waals surface area contributed by atoms with Gasteiger partial charge in [0.25, 0.3) is 0 Å². The average Bonchev–Trinajstić information content (AvgIpc) is 2.94. The summed E-state index contributed by atoms with van der Waals surface area (Å²) < 4.78 is 0. The van der Waals surface area contributed by atoms with E-state index in [2.05, 4.69) is 17.4 Å². The summed E-state index contributed by atoms with van der Waals surface area (Å²) >= 11 is 0. The first-order valence-corrected chi connectivity index (χ1v) is 5.21. The molecule has 2 aromatic rings. The molecule has 2 rings (SSSR count). The van der Waals surface area contributed by atoms with Crippen LogP contribution < -0.4 is 11.1 Å². The summed E-state index contributed by atoms with van der Waals surface area (Å²) in [6.07, 6.45) is 0. The Morgan fingerprint density at radius 3 is 2.12 bits per heavy atom. The Labute approximate surface area is 108 Å². The van der Waals surface area contributed by atoms with E-state index >= 15 is 0 Å². The molecule has 0 bridgehead atoms. The van der Waals surface area contributed by atoms with Crippen LogP contribution in [0.15, 0.2) is 54.6 Å². The molecule has 2 nitrogen and oxygen atoms in total. The van der Waals surface area contributed by atoms with Crippen molar-refractivity contribution in [3.63, 3.8) is 0 Å². The van der Waals surface area contributed by atoms with E-state index in [1.807, 2.05) is 42.5 Å². The smallest absolute Gasteiger partial charge is 0.329 e. The maximum atomic E-state index is 5.31. The van der Waals surface area contributed by atoms with Crippen LogP contribution in [0, 0.1) is 0 Å². The van der Waals surface area contributed by atoms with E-state index in [0.29, 0.717) is 6.54 Å². The molecular weight excluding hydrogens is 240 g/mol. The van der Waals surface area contributed by atoms with Crippen molar-refractivity contribution in [3.8, 4) is 0 Å². The van der Waals surface area contributed by atoms with Crippen LogP contribution in [0.2, 0.25) is 0 Å². The van der Waals surface area contributed by atoms with Gasteiger partial charge in [0.1, 0.15) is 0 Å². The summed E-state index contributed by atoms with van der Waals surface area (Å²) in [5, 5.41) is 3.21. The first-order valence-electron chi connectivity index (χ1n) is 5.21. The number of hydrogen-bond acceptors (Lipinski definition) is 2. The van der Waals surface area contributed by atoms with Gasteiger partial charge in [-0.15, -0.1) is 5.56 Å². The van der Waals surface area contributed by atoms with Gasteiger partial charge in [-0.25, -0.2) is 24.3 Å². The minimum atomic E-state index is 0. The molecular formula is C13H18FeN2. The Hall–Kier alpha value is -0.861. The van der Waals surface area contributed by atoms with Crippen molar-refractivity contribution in [1.82, 2.24) is 5.32 Å². The second-order valence-corrected chi connectivity index (χ2v) is 3.22. The molecule has 0 aromatic heterocycles.